The molecule has 0 unspecified atom stereocenters. The van der Waals surface area contributed by atoms with E-state index < -0.39 is 0 Å². The fourth-order valence-electron chi connectivity index (χ4n) is 3.00. The molecule has 3 aromatic rings. The predicted octanol–water partition coefficient (Wildman–Crippen LogP) is 6.56. The van der Waals surface area contributed by atoms with Crippen LogP contribution in [0.1, 0.15) is 27.8 Å². The van der Waals surface area contributed by atoms with Gasteiger partial charge in [0, 0.05) is 0 Å². The number of rotatable bonds is 2. The highest BCUT2D eigenvalue weighted by molar-refractivity contribution is 5.74. The van der Waals surface area contributed by atoms with Crippen LogP contribution in [0, 0.1) is 34.6 Å². The molecule has 0 amide bonds. The van der Waals surface area contributed by atoms with E-state index in [-0.39, 0.29) is 0 Å². The molecular weight excluding hydrogens is 276 g/mol. The Morgan fingerprint density at radius 1 is 0.391 bits per heavy atom. The highest BCUT2D eigenvalue weighted by Gasteiger charge is 2.06. The van der Waals surface area contributed by atoms with Crippen LogP contribution >= 0.6 is 0 Å². The normalized spacial score (nSPS) is 10.8. The van der Waals surface area contributed by atoms with Crippen LogP contribution in [0.15, 0.2) is 54.6 Å². The van der Waals surface area contributed by atoms with E-state index in [2.05, 4.69) is 89.2 Å². The van der Waals surface area contributed by atoms with E-state index in [1.807, 2.05) is 0 Å². The summed E-state index contributed by atoms with van der Waals surface area (Å²) in [6.07, 6.45) is 0. The summed E-state index contributed by atoms with van der Waals surface area (Å²) in [5.41, 5.74) is 11.9. The molecule has 116 valence electrons. The number of benzene rings is 3. The van der Waals surface area contributed by atoms with Crippen LogP contribution in [0.4, 0.5) is 0 Å². The van der Waals surface area contributed by atoms with Crippen molar-refractivity contribution in [2.75, 3.05) is 0 Å². The first-order chi connectivity index (χ1) is 11.0. The maximum absolute atomic E-state index is 2.30. The fraction of sp³-hybridized carbons (Fsp3) is 0.217. The zero-order chi connectivity index (χ0) is 16.6. The van der Waals surface area contributed by atoms with Crippen LogP contribution < -0.4 is 0 Å². The van der Waals surface area contributed by atoms with E-state index >= 15 is 0 Å². The molecule has 0 aliphatic carbocycles. The van der Waals surface area contributed by atoms with Crippen molar-refractivity contribution in [3.05, 3.63) is 82.4 Å². The van der Waals surface area contributed by atoms with Gasteiger partial charge in [0.05, 0.1) is 0 Å². The standard InChI is InChI=1S/C23H24/c1-15-6-8-20(12-17(15)3)21-10-11-23(19(5)14-21)22-9-7-16(2)18(4)13-22/h6-14H,1-5H3. The highest BCUT2D eigenvalue weighted by atomic mass is 14.1. The van der Waals surface area contributed by atoms with Gasteiger partial charge in [-0.15, -0.1) is 0 Å². The molecule has 0 bridgehead atoms. The molecule has 23 heavy (non-hydrogen) atoms. The second kappa shape index (κ2) is 6.04. The highest BCUT2D eigenvalue weighted by Crippen LogP contribution is 2.30. The van der Waals surface area contributed by atoms with E-state index in [0.29, 0.717) is 0 Å². The Morgan fingerprint density at radius 3 is 1.35 bits per heavy atom. The average Bonchev–Trinajstić information content (AvgIpc) is 2.53. The van der Waals surface area contributed by atoms with Crippen molar-refractivity contribution < 1.29 is 0 Å². The van der Waals surface area contributed by atoms with Crippen molar-refractivity contribution in [2.24, 2.45) is 0 Å². The Labute approximate surface area is 139 Å². The lowest BCUT2D eigenvalue weighted by molar-refractivity contribution is 1.33. The van der Waals surface area contributed by atoms with Crippen LogP contribution in [-0.2, 0) is 0 Å². The Hall–Kier alpha value is -2.34. The Bertz CT molecular complexity index is 869. The third-order valence-electron chi connectivity index (χ3n) is 4.88. The number of hydrogen-bond acceptors (Lipinski definition) is 0. The summed E-state index contributed by atoms with van der Waals surface area (Å²) in [6, 6.07) is 20.2. The van der Waals surface area contributed by atoms with Gasteiger partial charge in [-0.25, -0.2) is 0 Å². The Morgan fingerprint density at radius 2 is 0.826 bits per heavy atom. The quantitative estimate of drug-likeness (QED) is 0.502. The van der Waals surface area contributed by atoms with Gasteiger partial charge in [-0.2, -0.15) is 0 Å². The molecule has 3 aromatic carbocycles. The lowest BCUT2D eigenvalue weighted by Crippen LogP contribution is -1.89. The lowest BCUT2D eigenvalue weighted by atomic mass is 9.93. The van der Waals surface area contributed by atoms with Crippen LogP contribution in [0.3, 0.4) is 0 Å². The van der Waals surface area contributed by atoms with Gasteiger partial charge in [0.2, 0.25) is 0 Å². The van der Waals surface area contributed by atoms with Gasteiger partial charge in [-0.3, -0.25) is 0 Å². The van der Waals surface area contributed by atoms with Gasteiger partial charge in [-0.1, -0.05) is 54.6 Å². The van der Waals surface area contributed by atoms with Crippen molar-refractivity contribution in [2.45, 2.75) is 34.6 Å². The molecule has 0 aliphatic heterocycles. The molecule has 0 heteroatoms. The SMILES string of the molecule is Cc1ccc(-c2ccc(-c3ccc(C)c(C)c3)c(C)c2)cc1C. The Balaban J connectivity index is 2.03. The van der Waals surface area contributed by atoms with Crippen LogP contribution in [0.2, 0.25) is 0 Å². The van der Waals surface area contributed by atoms with Gasteiger partial charge in [0.15, 0.2) is 0 Å². The summed E-state index contributed by atoms with van der Waals surface area (Å²) in [5.74, 6) is 0. The monoisotopic (exact) mass is 300 g/mol. The summed E-state index contributed by atoms with van der Waals surface area (Å²) in [6.45, 7) is 10.9. The van der Waals surface area contributed by atoms with E-state index in [9.17, 15) is 0 Å². The molecule has 0 radical (unpaired) electrons. The van der Waals surface area contributed by atoms with E-state index in [0.717, 1.165) is 0 Å². The summed E-state index contributed by atoms with van der Waals surface area (Å²) in [4.78, 5) is 0. The Kier molecular flexibility index (Phi) is 4.09. The number of hydrogen-bond donors (Lipinski definition) is 0. The van der Waals surface area contributed by atoms with Gasteiger partial charge in [0.1, 0.15) is 0 Å². The minimum Gasteiger partial charge on any atom is -0.0584 e. The first-order valence-electron chi connectivity index (χ1n) is 8.21. The zero-order valence-electron chi connectivity index (χ0n) is 14.7. The molecule has 3 rings (SSSR count). The summed E-state index contributed by atoms with van der Waals surface area (Å²) in [5, 5.41) is 0. The van der Waals surface area contributed by atoms with Crippen molar-refractivity contribution in [1.82, 2.24) is 0 Å². The second-order valence-electron chi connectivity index (χ2n) is 6.63. The first-order valence-corrected chi connectivity index (χ1v) is 8.21. The maximum Gasteiger partial charge on any atom is -0.0154 e. The summed E-state index contributed by atoms with van der Waals surface area (Å²) in [7, 11) is 0. The summed E-state index contributed by atoms with van der Waals surface area (Å²) < 4.78 is 0. The van der Waals surface area contributed by atoms with Gasteiger partial charge in [-0.05, 0) is 84.7 Å². The first kappa shape index (κ1) is 15.6. The largest absolute Gasteiger partial charge is 0.0584 e. The van der Waals surface area contributed by atoms with Crippen LogP contribution in [0.25, 0.3) is 22.3 Å². The van der Waals surface area contributed by atoms with E-state index in [1.165, 1.54) is 50.1 Å². The van der Waals surface area contributed by atoms with E-state index in [1.54, 1.807) is 0 Å². The van der Waals surface area contributed by atoms with Crippen molar-refractivity contribution in [1.29, 1.82) is 0 Å². The molecule has 0 fully saturated rings. The van der Waals surface area contributed by atoms with Gasteiger partial charge in [0.25, 0.3) is 0 Å². The molecule has 0 spiro atoms. The van der Waals surface area contributed by atoms with Crippen molar-refractivity contribution >= 4 is 0 Å². The van der Waals surface area contributed by atoms with Crippen molar-refractivity contribution in [3.63, 3.8) is 0 Å². The maximum atomic E-state index is 2.30. The second-order valence-corrected chi connectivity index (χ2v) is 6.63. The minimum absolute atomic E-state index is 1.29. The lowest BCUT2D eigenvalue weighted by Gasteiger charge is -2.12. The van der Waals surface area contributed by atoms with Crippen LogP contribution in [-0.4, -0.2) is 0 Å². The molecule has 0 N–H and O–H groups in total. The minimum atomic E-state index is 1.29. The molecule has 0 atom stereocenters. The van der Waals surface area contributed by atoms with Gasteiger partial charge < -0.3 is 0 Å². The van der Waals surface area contributed by atoms with Gasteiger partial charge >= 0.3 is 0 Å². The zero-order valence-corrected chi connectivity index (χ0v) is 14.7. The smallest absolute Gasteiger partial charge is 0.0154 e. The average molecular weight is 300 g/mol. The molecule has 0 saturated carbocycles. The number of aryl methyl sites for hydroxylation is 5. The predicted molar refractivity (Wildman–Crippen MR) is 101 cm³/mol. The molecule has 0 heterocycles. The van der Waals surface area contributed by atoms with Crippen molar-refractivity contribution in [3.8, 4) is 22.3 Å². The molecule has 0 saturated heterocycles. The molecular formula is C23H24. The third kappa shape index (κ3) is 3.07. The third-order valence-corrected chi connectivity index (χ3v) is 4.88. The molecule has 0 aliphatic rings. The molecule has 0 nitrogen and oxygen atoms in total. The van der Waals surface area contributed by atoms with E-state index in [4.69, 9.17) is 0 Å². The topological polar surface area (TPSA) is 0 Å². The molecule has 0 aromatic heterocycles. The van der Waals surface area contributed by atoms with Crippen LogP contribution in [0.5, 0.6) is 0 Å². The fourth-order valence-corrected chi connectivity index (χ4v) is 3.00. The summed E-state index contributed by atoms with van der Waals surface area (Å²) >= 11 is 0.